The van der Waals surface area contributed by atoms with E-state index in [2.05, 4.69) is 0 Å². The molecule has 1 aromatic rings. The standard InChI is InChI=1S/C18H24N2O5/c1-12-4-5-14(10-15(12)25-3)17(22)19(2)11-16(21)20-8-6-13(7-9-20)18(23)24/h4-5,10,13H,6-9,11H2,1-3H3,(H,23,24). The largest absolute Gasteiger partial charge is 0.496 e. The average Bonchev–Trinajstić information content (AvgIpc) is 2.61. The Morgan fingerprint density at radius 1 is 1.28 bits per heavy atom. The van der Waals surface area contributed by atoms with Crippen LogP contribution in [-0.4, -0.2) is 66.5 Å². The van der Waals surface area contributed by atoms with Crippen molar-refractivity contribution in [2.45, 2.75) is 19.8 Å². The maximum atomic E-state index is 12.5. The highest BCUT2D eigenvalue weighted by Gasteiger charge is 2.28. The topological polar surface area (TPSA) is 87.2 Å². The molecule has 1 aromatic carbocycles. The molecule has 0 aliphatic carbocycles. The molecule has 7 nitrogen and oxygen atoms in total. The Bertz CT molecular complexity index is 665. The first-order chi connectivity index (χ1) is 11.8. The highest BCUT2D eigenvalue weighted by molar-refractivity contribution is 5.96. The highest BCUT2D eigenvalue weighted by Crippen LogP contribution is 2.20. The molecular formula is C18H24N2O5. The van der Waals surface area contributed by atoms with Crippen LogP contribution in [0.4, 0.5) is 0 Å². The molecule has 1 heterocycles. The number of carbonyl (C=O) groups is 3. The Hall–Kier alpha value is -2.57. The van der Waals surface area contributed by atoms with Gasteiger partial charge in [-0.3, -0.25) is 14.4 Å². The number of likely N-dealkylation sites (tertiary alicyclic amines) is 1. The van der Waals surface area contributed by atoms with Gasteiger partial charge in [-0.05, 0) is 37.5 Å². The number of aryl methyl sites for hydroxylation is 1. The van der Waals surface area contributed by atoms with Gasteiger partial charge < -0.3 is 19.6 Å². The van der Waals surface area contributed by atoms with Crippen molar-refractivity contribution < 1.29 is 24.2 Å². The predicted molar refractivity (Wildman–Crippen MR) is 91.6 cm³/mol. The summed E-state index contributed by atoms with van der Waals surface area (Å²) >= 11 is 0. The normalized spacial score (nSPS) is 14.9. The number of amides is 2. The van der Waals surface area contributed by atoms with Gasteiger partial charge in [-0.15, -0.1) is 0 Å². The Balaban J connectivity index is 1.95. The van der Waals surface area contributed by atoms with E-state index in [1.807, 2.05) is 6.92 Å². The molecule has 1 aliphatic heterocycles. The van der Waals surface area contributed by atoms with E-state index in [1.165, 1.54) is 4.90 Å². The fraction of sp³-hybridized carbons (Fsp3) is 0.500. The van der Waals surface area contributed by atoms with Crippen molar-refractivity contribution in [2.24, 2.45) is 5.92 Å². The Morgan fingerprint density at radius 3 is 2.48 bits per heavy atom. The van der Waals surface area contributed by atoms with Crippen molar-refractivity contribution in [3.63, 3.8) is 0 Å². The van der Waals surface area contributed by atoms with Crippen LogP contribution in [0.5, 0.6) is 5.75 Å². The Kier molecular flexibility index (Phi) is 6.01. The van der Waals surface area contributed by atoms with Crippen molar-refractivity contribution in [1.29, 1.82) is 0 Å². The van der Waals surface area contributed by atoms with Gasteiger partial charge in [0.25, 0.3) is 5.91 Å². The number of rotatable bonds is 5. The first-order valence-electron chi connectivity index (χ1n) is 8.24. The molecule has 0 saturated carbocycles. The van der Waals surface area contributed by atoms with Gasteiger partial charge >= 0.3 is 5.97 Å². The molecule has 2 rings (SSSR count). The van der Waals surface area contributed by atoms with Crippen LogP contribution in [-0.2, 0) is 9.59 Å². The molecular weight excluding hydrogens is 324 g/mol. The van der Waals surface area contributed by atoms with Gasteiger partial charge in [0.1, 0.15) is 5.75 Å². The summed E-state index contributed by atoms with van der Waals surface area (Å²) in [6, 6.07) is 5.18. The van der Waals surface area contributed by atoms with Crippen LogP contribution in [0.2, 0.25) is 0 Å². The third-order valence-electron chi connectivity index (χ3n) is 4.57. The monoisotopic (exact) mass is 348 g/mol. The zero-order valence-corrected chi connectivity index (χ0v) is 14.8. The van der Waals surface area contributed by atoms with E-state index in [0.29, 0.717) is 37.2 Å². The lowest BCUT2D eigenvalue weighted by molar-refractivity contribution is -0.145. The summed E-state index contributed by atoms with van der Waals surface area (Å²) in [5, 5.41) is 9.00. The van der Waals surface area contributed by atoms with Gasteiger partial charge in [-0.25, -0.2) is 0 Å². The van der Waals surface area contributed by atoms with E-state index in [4.69, 9.17) is 9.84 Å². The SMILES string of the molecule is COc1cc(C(=O)N(C)CC(=O)N2CCC(C(=O)O)CC2)ccc1C. The number of nitrogens with zero attached hydrogens (tertiary/aromatic N) is 2. The number of hydrogen-bond donors (Lipinski definition) is 1. The van der Waals surface area contributed by atoms with E-state index in [1.54, 1.807) is 37.3 Å². The number of carboxylic acids is 1. The minimum absolute atomic E-state index is 0.0350. The van der Waals surface area contributed by atoms with E-state index >= 15 is 0 Å². The second-order valence-electron chi connectivity index (χ2n) is 6.34. The Labute approximate surface area is 147 Å². The number of hydrogen-bond acceptors (Lipinski definition) is 4. The van der Waals surface area contributed by atoms with Crippen LogP contribution in [0.1, 0.15) is 28.8 Å². The van der Waals surface area contributed by atoms with Crippen LogP contribution in [0.15, 0.2) is 18.2 Å². The third-order valence-corrected chi connectivity index (χ3v) is 4.57. The summed E-state index contributed by atoms with van der Waals surface area (Å²) < 4.78 is 5.23. The minimum atomic E-state index is -0.812. The lowest BCUT2D eigenvalue weighted by Gasteiger charge is -2.31. The summed E-state index contributed by atoms with van der Waals surface area (Å²) in [6.07, 6.45) is 0.905. The lowest BCUT2D eigenvalue weighted by atomic mass is 9.97. The maximum absolute atomic E-state index is 12.5. The van der Waals surface area contributed by atoms with E-state index in [9.17, 15) is 14.4 Å². The van der Waals surface area contributed by atoms with Crippen molar-refractivity contribution in [3.8, 4) is 5.75 Å². The summed E-state index contributed by atoms with van der Waals surface area (Å²) in [4.78, 5) is 38.8. The van der Waals surface area contributed by atoms with Crippen LogP contribution in [0.3, 0.4) is 0 Å². The molecule has 1 aliphatic rings. The first-order valence-corrected chi connectivity index (χ1v) is 8.24. The molecule has 2 amide bonds. The fourth-order valence-corrected chi connectivity index (χ4v) is 2.92. The molecule has 0 aromatic heterocycles. The van der Waals surface area contributed by atoms with Gasteiger partial charge in [0, 0.05) is 25.7 Å². The number of likely N-dealkylation sites (N-methyl/N-ethyl adjacent to an activating group) is 1. The first kappa shape index (κ1) is 18.8. The van der Waals surface area contributed by atoms with Gasteiger partial charge in [0.15, 0.2) is 0 Å². The average molecular weight is 348 g/mol. The molecule has 136 valence electrons. The number of aliphatic carboxylic acids is 1. The third kappa shape index (κ3) is 4.49. The number of methoxy groups -OCH3 is 1. The molecule has 0 spiro atoms. The van der Waals surface area contributed by atoms with Gasteiger partial charge in [0.05, 0.1) is 19.6 Å². The number of piperidine rings is 1. The second-order valence-corrected chi connectivity index (χ2v) is 6.34. The van der Waals surface area contributed by atoms with Crippen molar-refractivity contribution >= 4 is 17.8 Å². The maximum Gasteiger partial charge on any atom is 0.306 e. The Morgan fingerprint density at radius 2 is 1.92 bits per heavy atom. The summed E-state index contributed by atoms with van der Waals surface area (Å²) in [5.74, 6) is -0.997. The summed E-state index contributed by atoms with van der Waals surface area (Å²) in [6.45, 7) is 2.68. The molecule has 7 heteroatoms. The number of carboxylic acid groups (broad SMARTS) is 1. The molecule has 25 heavy (non-hydrogen) atoms. The van der Waals surface area contributed by atoms with Crippen molar-refractivity contribution in [2.75, 3.05) is 33.8 Å². The zero-order valence-electron chi connectivity index (χ0n) is 14.8. The number of benzene rings is 1. The molecule has 0 atom stereocenters. The van der Waals surface area contributed by atoms with Crippen LogP contribution >= 0.6 is 0 Å². The number of carbonyl (C=O) groups excluding carboxylic acids is 2. The molecule has 1 saturated heterocycles. The molecule has 0 bridgehead atoms. The summed E-state index contributed by atoms with van der Waals surface area (Å²) in [7, 11) is 3.13. The second kappa shape index (κ2) is 8.00. The fourth-order valence-electron chi connectivity index (χ4n) is 2.92. The molecule has 1 fully saturated rings. The zero-order chi connectivity index (χ0) is 18.6. The molecule has 0 unspecified atom stereocenters. The molecule has 0 radical (unpaired) electrons. The van der Waals surface area contributed by atoms with E-state index < -0.39 is 5.97 Å². The lowest BCUT2D eigenvalue weighted by Crippen LogP contribution is -2.45. The molecule has 1 N–H and O–H groups in total. The van der Waals surface area contributed by atoms with E-state index in [-0.39, 0.29) is 24.3 Å². The van der Waals surface area contributed by atoms with Gasteiger partial charge in [0.2, 0.25) is 5.91 Å². The quantitative estimate of drug-likeness (QED) is 0.869. The van der Waals surface area contributed by atoms with Crippen molar-refractivity contribution in [1.82, 2.24) is 9.80 Å². The van der Waals surface area contributed by atoms with Crippen LogP contribution < -0.4 is 4.74 Å². The highest BCUT2D eigenvalue weighted by atomic mass is 16.5. The smallest absolute Gasteiger partial charge is 0.306 e. The predicted octanol–water partition coefficient (Wildman–Crippen LogP) is 1.40. The van der Waals surface area contributed by atoms with E-state index in [0.717, 1.165) is 5.56 Å². The van der Waals surface area contributed by atoms with Gasteiger partial charge in [-0.2, -0.15) is 0 Å². The van der Waals surface area contributed by atoms with Gasteiger partial charge in [-0.1, -0.05) is 6.07 Å². The number of ether oxygens (including phenoxy) is 1. The minimum Gasteiger partial charge on any atom is -0.496 e. The van der Waals surface area contributed by atoms with Crippen molar-refractivity contribution in [3.05, 3.63) is 29.3 Å². The van der Waals surface area contributed by atoms with Crippen LogP contribution in [0.25, 0.3) is 0 Å². The summed E-state index contributed by atoms with van der Waals surface area (Å²) in [5.41, 5.74) is 1.39. The van der Waals surface area contributed by atoms with Crippen LogP contribution in [0, 0.1) is 12.8 Å².